The molecule has 2 aliphatic rings. The molecular formula is C15H22N2O2S. The van der Waals surface area contributed by atoms with E-state index in [-0.39, 0.29) is 11.4 Å². The summed E-state index contributed by atoms with van der Waals surface area (Å²) in [6.45, 7) is 2.66. The van der Waals surface area contributed by atoms with Gasteiger partial charge in [-0.2, -0.15) is 0 Å². The molecular weight excluding hydrogens is 272 g/mol. The molecule has 1 aromatic rings. The van der Waals surface area contributed by atoms with Gasteiger partial charge in [-0.1, -0.05) is 19.3 Å². The number of thiophene rings is 1. The fourth-order valence-corrected chi connectivity index (χ4v) is 4.29. The van der Waals surface area contributed by atoms with Crippen LogP contribution in [0.4, 0.5) is 0 Å². The van der Waals surface area contributed by atoms with Crippen LogP contribution in [0.2, 0.25) is 0 Å². The standard InChI is InChI=1S/C15H22N2O2S/c1-19-12-9-13(20-10-12)14(18)17-8-7-16-11-15(17)5-3-2-4-6-15/h9-10,16H,2-8,11H2,1H3. The number of nitrogens with one attached hydrogen (secondary N) is 1. The van der Waals surface area contributed by atoms with E-state index in [1.807, 2.05) is 11.4 Å². The molecule has 5 heteroatoms. The Hall–Kier alpha value is -1.07. The summed E-state index contributed by atoms with van der Waals surface area (Å²) >= 11 is 1.49. The first-order chi connectivity index (χ1) is 9.75. The average molecular weight is 294 g/mol. The molecule has 1 aliphatic heterocycles. The normalized spacial score (nSPS) is 21.9. The third kappa shape index (κ3) is 2.44. The zero-order valence-electron chi connectivity index (χ0n) is 12.0. The van der Waals surface area contributed by atoms with Gasteiger partial charge in [-0.15, -0.1) is 11.3 Å². The number of piperazine rings is 1. The Kier molecular flexibility index (Phi) is 3.98. The molecule has 1 saturated carbocycles. The van der Waals surface area contributed by atoms with Gasteiger partial charge in [0.15, 0.2) is 0 Å². The fraction of sp³-hybridized carbons (Fsp3) is 0.667. The van der Waals surface area contributed by atoms with Crippen molar-refractivity contribution in [3.8, 4) is 5.75 Å². The van der Waals surface area contributed by atoms with E-state index in [1.165, 1.54) is 30.6 Å². The smallest absolute Gasteiger partial charge is 0.264 e. The van der Waals surface area contributed by atoms with E-state index in [0.717, 1.165) is 43.1 Å². The van der Waals surface area contributed by atoms with Crippen LogP contribution in [0.3, 0.4) is 0 Å². The molecule has 0 aromatic carbocycles. The SMILES string of the molecule is COc1csc(C(=O)N2CCNCC23CCCCC3)c1. The molecule has 1 aliphatic carbocycles. The van der Waals surface area contributed by atoms with Crippen LogP contribution in [-0.2, 0) is 0 Å². The van der Waals surface area contributed by atoms with Crippen molar-refractivity contribution in [3.05, 3.63) is 16.3 Å². The van der Waals surface area contributed by atoms with Crippen LogP contribution >= 0.6 is 11.3 Å². The maximum Gasteiger partial charge on any atom is 0.264 e. The predicted molar refractivity (Wildman–Crippen MR) is 80.6 cm³/mol. The van der Waals surface area contributed by atoms with Gasteiger partial charge in [0, 0.05) is 31.1 Å². The van der Waals surface area contributed by atoms with Crippen LogP contribution in [0.25, 0.3) is 0 Å². The minimum Gasteiger partial charge on any atom is -0.496 e. The molecule has 1 aromatic heterocycles. The summed E-state index contributed by atoms with van der Waals surface area (Å²) < 4.78 is 5.20. The van der Waals surface area contributed by atoms with Crippen LogP contribution in [0.5, 0.6) is 5.75 Å². The highest BCUT2D eigenvalue weighted by Crippen LogP contribution is 2.36. The number of amides is 1. The number of carbonyl (C=O) groups excluding carboxylic acids is 1. The van der Waals surface area contributed by atoms with E-state index in [2.05, 4.69) is 10.2 Å². The molecule has 2 heterocycles. The number of nitrogens with zero attached hydrogens (tertiary/aromatic N) is 1. The van der Waals surface area contributed by atoms with Crippen molar-refractivity contribution in [2.75, 3.05) is 26.7 Å². The van der Waals surface area contributed by atoms with E-state index >= 15 is 0 Å². The van der Waals surface area contributed by atoms with Gasteiger partial charge in [0.05, 0.1) is 17.5 Å². The Balaban J connectivity index is 1.83. The highest BCUT2D eigenvalue weighted by atomic mass is 32.1. The second-order valence-corrected chi connectivity index (χ2v) is 6.68. The number of hydrogen-bond donors (Lipinski definition) is 1. The molecule has 1 amide bonds. The Morgan fingerprint density at radius 3 is 2.90 bits per heavy atom. The third-order valence-corrected chi connectivity index (χ3v) is 5.49. The van der Waals surface area contributed by atoms with E-state index in [4.69, 9.17) is 4.74 Å². The lowest BCUT2D eigenvalue weighted by molar-refractivity contribution is 0.0227. The van der Waals surface area contributed by atoms with E-state index in [9.17, 15) is 4.79 Å². The van der Waals surface area contributed by atoms with Gasteiger partial charge in [0.1, 0.15) is 5.75 Å². The lowest BCUT2D eigenvalue weighted by Gasteiger charge is -2.49. The highest BCUT2D eigenvalue weighted by molar-refractivity contribution is 7.12. The molecule has 3 rings (SSSR count). The molecule has 4 nitrogen and oxygen atoms in total. The van der Waals surface area contributed by atoms with Crippen LogP contribution < -0.4 is 10.1 Å². The Morgan fingerprint density at radius 2 is 2.20 bits per heavy atom. The second kappa shape index (κ2) is 5.74. The molecule has 1 spiro atoms. The van der Waals surface area contributed by atoms with Crippen molar-refractivity contribution in [3.63, 3.8) is 0 Å². The molecule has 1 saturated heterocycles. The summed E-state index contributed by atoms with van der Waals surface area (Å²) in [5.74, 6) is 0.966. The van der Waals surface area contributed by atoms with Gasteiger partial charge in [-0.3, -0.25) is 4.79 Å². The van der Waals surface area contributed by atoms with Crippen LogP contribution in [0, 0.1) is 0 Å². The summed E-state index contributed by atoms with van der Waals surface area (Å²) in [7, 11) is 1.64. The molecule has 2 fully saturated rings. The number of hydrogen-bond acceptors (Lipinski definition) is 4. The largest absolute Gasteiger partial charge is 0.496 e. The molecule has 20 heavy (non-hydrogen) atoms. The zero-order valence-corrected chi connectivity index (χ0v) is 12.8. The maximum atomic E-state index is 12.9. The number of ether oxygens (including phenoxy) is 1. The van der Waals surface area contributed by atoms with Crippen LogP contribution in [-0.4, -0.2) is 43.1 Å². The van der Waals surface area contributed by atoms with Gasteiger partial charge >= 0.3 is 0 Å². The van der Waals surface area contributed by atoms with Crippen LogP contribution in [0.1, 0.15) is 41.8 Å². The van der Waals surface area contributed by atoms with Gasteiger partial charge in [0.25, 0.3) is 5.91 Å². The van der Waals surface area contributed by atoms with Crippen molar-refractivity contribution < 1.29 is 9.53 Å². The Labute approximate surface area is 124 Å². The summed E-state index contributed by atoms with van der Waals surface area (Å²) in [5.41, 5.74) is 0.0464. The lowest BCUT2D eigenvalue weighted by atomic mass is 9.79. The van der Waals surface area contributed by atoms with Crippen molar-refractivity contribution in [2.24, 2.45) is 0 Å². The molecule has 0 unspecified atom stereocenters. The fourth-order valence-electron chi connectivity index (χ4n) is 3.49. The van der Waals surface area contributed by atoms with E-state index in [0.29, 0.717) is 0 Å². The summed E-state index contributed by atoms with van der Waals surface area (Å²) in [6.07, 6.45) is 6.04. The second-order valence-electron chi connectivity index (χ2n) is 5.77. The van der Waals surface area contributed by atoms with Crippen molar-refractivity contribution in [1.82, 2.24) is 10.2 Å². The van der Waals surface area contributed by atoms with Crippen LogP contribution in [0.15, 0.2) is 11.4 Å². The summed E-state index contributed by atoms with van der Waals surface area (Å²) in [5, 5.41) is 5.39. The third-order valence-electron chi connectivity index (χ3n) is 4.59. The monoisotopic (exact) mass is 294 g/mol. The molecule has 110 valence electrons. The minimum absolute atomic E-state index is 0.0464. The predicted octanol–water partition coefficient (Wildman–Crippen LogP) is 2.51. The quantitative estimate of drug-likeness (QED) is 0.911. The van der Waals surface area contributed by atoms with E-state index in [1.54, 1.807) is 7.11 Å². The lowest BCUT2D eigenvalue weighted by Crippen LogP contribution is -2.63. The summed E-state index contributed by atoms with van der Waals surface area (Å²) in [6, 6.07) is 1.87. The average Bonchev–Trinajstić information content (AvgIpc) is 2.97. The molecule has 0 atom stereocenters. The van der Waals surface area contributed by atoms with Crippen molar-refractivity contribution in [1.29, 1.82) is 0 Å². The van der Waals surface area contributed by atoms with Gasteiger partial charge in [-0.05, 0) is 12.8 Å². The first-order valence-corrected chi connectivity index (χ1v) is 8.28. The van der Waals surface area contributed by atoms with Gasteiger partial charge in [-0.25, -0.2) is 0 Å². The first kappa shape index (κ1) is 13.9. The summed E-state index contributed by atoms with van der Waals surface area (Å²) in [4.78, 5) is 15.8. The zero-order chi connectivity index (χ0) is 14.0. The number of rotatable bonds is 2. The number of carbonyl (C=O) groups is 1. The molecule has 1 N–H and O–H groups in total. The van der Waals surface area contributed by atoms with Gasteiger partial charge < -0.3 is 15.0 Å². The Bertz CT molecular complexity index is 472. The van der Waals surface area contributed by atoms with E-state index < -0.39 is 0 Å². The van der Waals surface area contributed by atoms with Gasteiger partial charge in [0.2, 0.25) is 0 Å². The maximum absolute atomic E-state index is 12.9. The van der Waals surface area contributed by atoms with Crippen molar-refractivity contribution >= 4 is 17.2 Å². The minimum atomic E-state index is 0.0464. The first-order valence-electron chi connectivity index (χ1n) is 7.40. The highest BCUT2D eigenvalue weighted by Gasteiger charge is 2.42. The number of methoxy groups -OCH3 is 1. The Morgan fingerprint density at radius 1 is 1.40 bits per heavy atom. The van der Waals surface area contributed by atoms with Crippen molar-refractivity contribution in [2.45, 2.75) is 37.6 Å². The molecule has 0 radical (unpaired) electrons. The molecule has 0 bridgehead atoms. The topological polar surface area (TPSA) is 41.6 Å².